The molecular formula is C36H40N5O5P. The van der Waals surface area contributed by atoms with Crippen LogP contribution in [0.5, 0.6) is 0 Å². The van der Waals surface area contributed by atoms with Crippen molar-refractivity contribution in [3.8, 4) is 0 Å². The number of hydrogen-bond acceptors (Lipinski definition) is 9. The molecule has 0 saturated carbocycles. The second-order valence-corrected chi connectivity index (χ2v) is 13.8. The zero-order valence-corrected chi connectivity index (χ0v) is 27.9. The molecule has 0 aliphatic carbocycles. The Hall–Kier alpha value is -4.34. The molecule has 0 unspecified atom stereocenters. The minimum Gasteiger partial charge on any atom is -0.478 e. The number of fused-ring (bicyclic) bond motifs is 1. The van der Waals surface area contributed by atoms with Crippen molar-refractivity contribution in [2.45, 2.75) is 64.1 Å². The molecule has 11 heteroatoms. The van der Waals surface area contributed by atoms with E-state index >= 15 is 0 Å². The van der Waals surface area contributed by atoms with E-state index in [2.05, 4.69) is 51.4 Å². The molecule has 0 bridgehead atoms. The van der Waals surface area contributed by atoms with Gasteiger partial charge in [0, 0.05) is 0 Å². The summed E-state index contributed by atoms with van der Waals surface area (Å²) in [6, 6.07) is 30.0. The fraction of sp³-hybridized carbons (Fsp3) is 0.306. The summed E-state index contributed by atoms with van der Waals surface area (Å²) in [4.78, 5) is 13.1. The number of ether oxygens (including phenoxy) is 2. The lowest BCUT2D eigenvalue weighted by atomic mass is 9.80. The molecule has 2 atom stereocenters. The Labute approximate surface area is 275 Å². The number of aromatic nitrogens is 4. The van der Waals surface area contributed by atoms with Gasteiger partial charge in [-0.3, -0.25) is 4.57 Å². The van der Waals surface area contributed by atoms with Gasteiger partial charge in [-0.05, 0) is 56.9 Å². The van der Waals surface area contributed by atoms with Gasteiger partial charge in [0.15, 0.2) is 11.5 Å². The predicted molar refractivity (Wildman–Crippen MR) is 182 cm³/mol. The zero-order valence-electron chi connectivity index (χ0n) is 27.0. The van der Waals surface area contributed by atoms with Gasteiger partial charge in [0.1, 0.15) is 23.5 Å². The molecule has 0 saturated heterocycles. The van der Waals surface area contributed by atoms with Gasteiger partial charge >= 0.3 is 7.60 Å². The van der Waals surface area contributed by atoms with Crippen LogP contribution in [0.3, 0.4) is 0 Å². The third kappa shape index (κ3) is 6.60. The van der Waals surface area contributed by atoms with Crippen LogP contribution >= 0.6 is 7.60 Å². The second-order valence-electron chi connectivity index (χ2n) is 12.0. The van der Waals surface area contributed by atoms with Crippen molar-refractivity contribution in [1.29, 1.82) is 0 Å². The van der Waals surface area contributed by atoms with E-state index in [1.165, 1.54) is 6.33 Å². The number of rotatable bonds is 12. The Kier molecular flexibility index (Phi) is 9.57. The van der Waals surface area contributed by atoms with Crippen LogP contribution in [-0.2, 0) is 28.7 Å². The van der Waals surface area contributed by atoms with Gasteiger partial charge in [-0.2, -0.15) is 0 Å². The Bertz CT molecular complexity index is 1750. The van der Waals surface area contributed by atoms with Gasteiger partial charge in [-0.15, -0.1) is 0 Å². The van der Waals surface area contributed by atoms with E-state index in [0.717, 1.165) is 16.7 Å². The first-order valence-corrected chi connectivity index (χ1v) is 17.3. The molecule has 10 nitrogen and oxygen atoms in total. The van der Waals surface area contributed by atoms with E-state index in [4.69, 9.17) is 24.3 Å². The summed E-state index contributed by atoms with van der Waals surface area (Å²) in [5.41, 5.74) is 9.21. The number of nitrogens with zero attached hydrogens (tertiary/aromatic N) is 4. The van der Waals surface area contributed by atoms with E-state index in [9.17, 15) is 4.57 Å². The minimum absolute atomic E-state index is 0.0876. The maximum absolute atomic E-state index is 14.3. The highest BCUT2D eigenvalue weighted by atomic mass is 31.2. The summed E-state index contributed by atoms with van der Waals surface area (Å²) in [7, 11) is -3.83. The molecule has 0 spiro atoms. The molecule has 0 radical (unpaired) electrons. The maximum atomic E-state index is 14.3. The lowest BCUT2D eigenvalue weighted by Crippen LogP contribution is -2.40. The quantitative estimate of drug-likeness (QED) is 0.107. The summed E-state index contributed by atoms with van der Waals surface area (Å²) in [5, 5.41) is 0. The Morgan fingerprint density at radius 3 is 1.89 bits per heavy atom. The fourth-order valence-electron chi connectivity index (χ4n) is 6.04. The van der Waals surface area contributed by atoms with Crippen molar-refractivity contribution in [2.75, 3.05) is 12.3 Å². The average molecular weight is 654 g/mol. The van der Waals surface area contributed by atoms with Crippen molar-refractivity contribution >= 4 is 24.6 Å². The normalized spacial score (nSPS) is 17.2. The van der Waals surface area contributed by atoms with Crippen molar-refractivity contribution < 1.29 is 23.1 Å². The minimum atomic E-state index is -3.83. The number of hydrogen-bond donors (Lipinski definition) is 1. The summed E-state index contributed by atoms with van der Waals surface area (Å²) in [6.07, 6.45) is 3.90. The third-order valence-electron chi connectivity index (χ3n) is 7.95. The second kappa shape index (κ2) is 13.8. The standard InChI is InChI=1S/C36H40N5O5P/c1-25(2)45-47(42,46-26(3)4)32-21-20-30(41-24-40-33-34(37)38-23-39-35(33)41)31(44-32)22-43-36(27-14-8-5-9-15-27,28-16-10-6-11-17-28)29-18-12-7-13-19-29/h5-19,21,23-26,30-31H,20,22H2,1-4H3,(H2,37,38,39)/t30-,31-/m1/s1. The number of nitrogen functional groups attached to an aromatic ring is 1. The van der Waals surface area contributed by atoms with Crippen LogP contribution in [-0.4, -0.2) is 44.4 Å². The highest BCUT2D eigenvalue weighted by Crippen LogP contribution is 2.60. The molecule has 1 aliphatic heterocycles. The summed E-state index contributed by atoms with van der Waals surface area (Å²) < 4.78 is 42.0. The zero-order chi connectivity index (χ0) is 33.0. The van der Waals surface area contributed by atoms with Gasteiger partial charge in [-0.25, -0.2) is 15.0 Å². The van der Waals surface area contributed by atoms with E-state index < -0.39 is 19.3 Å². The first kappa shape index (κ1) is 32.6. The topological polar surface area (TPSA) is 124 Å². The summed E-state index contributed by atoms with van der Waals surface area (Å²) >= 11 is 0. The molecule has 244 valence electrons. The van der Waals surface area contributed by atoms with Crippen LogP contribution in [0.25, 0.3) is 11.2 Å². The molecule has 0 amide bonds. The van der Waals surface area contributed by atoms with Crippen LogP contribution < -0.4 is 5.73 Å². The molecule has 5 aromatic rings. The smallest absolute Gasteiger partial charge is 0.395 e. The molecule has 0 fully saturated rings. The predicted octanol–water partition coefficient (Wildman–Crippen LogP) is 7.63. The van der Waals surface area contributed by atoms with Crippen molar-refractivity contribution in [1.82, 2.24) is 19.5 Å². The highest BCUT2D eigenvalue weighted by molar-refractivity contribution is 7.58. The van der Waals surface area contributed by atoms with Crippen LogP contribution in [0.15, 0.2) is 115 Å². The number of benzene rings is 3. The van der Waals surface area contributed by atoms with Crippen LogP contribution in [0.1, 0.15) is 56.8 Å². The van der Waals surface area contributed by atoms with E-state index in [0.29, 0.717) is 17.6 Å². The molecule has 3 aromatic carbocycles. The lowest BCUT2D eigenvalue weighted by molar-refractivity contribution is -0.0663. The number of anilines is 1. The SMILES string of the molecule is CC(C)OP(=O)(OC(C)C)C1=CC[C@@H](n2cnc3c(N)ncnc32)[C@@H](COC(c2ccccc2)(c2ccccc2)c2ccccc2)O1. The van der Waals surface area contributed by atoms with E-state index in [-0.39, 0.29) is 36.2 Å². The molecule has 47 heavy (non-hydrogen) atoms. The van der Waals surface area contributed by atoms with Gasteiger partial charge in [0.25, 0.3) is 0 Å². The molecule has 2 aromatic heterocycles. The summed E-state index contributed by atoms with van der Waals surface area (Å²) in [6.45, 7) is 7.36. The largest absolute Gasteiger partial charge is 0.478 e. The Morgan fingerprint density at radius 1 is 0.851 bits per heavy atom. The van der Waals surface area contributed by atoms with Gasteiger partial charge in [0.05, 0.1) is 31.2 Å². The van der Waals surface area contributed by atoms with Gasteiger partial charge < -0.3 is 28.8 Å². The molecular weight excluding hydrogens is 613 g/mol. The van der Waals surface area contributed by atoms with Gasteiger partial charge in [0.2, 0.25) is 5.50 Å². The van der Waals surface area contributed by atoms with Crippen LogP contribution in [0.2, 0.25) is 0 Å². The first-order chi connectivity index (χ1) is 22.7. The molecule has 2 N–H and O–H groups in total. The summed E-state index contributed by atoms with van der Waals surface area (Å²) in [5.74, 6) is 0.283. The number of allylic oxidation sites excluding steroid dienone is 1. The molecule has 6 rings (SSSR count). The van der Waals surface area contributed by atoms with Crippen molar-refractivity contribution in [2.24, 2.45) is 0 Å². The Balaban J connectivity index is 1.47. The van der Waals surface area contributed by atoms with E-state index in [1.54, 1.807) is 12.4 Å². The first-order valence-electron chi connectivity index (χ1n) is 15.8. The number of imidazole rings is 1. The molecule has 1 aliphatic rings. The van der Waals surface area contributed by atoms with Crippen LogP contribution in [0.4, 0.5) is 5.82 Å². The monoisotopic (exact) mass is 653 g/mol. The van der Waals surface area contributed by atoms with Crippen molar-refractivity contribution in [3.05, 3.63) is 132 Å². The van der Waals surface area contributed by atoms with Crippen molar-refractivity contribution in [3.63, 3.8) is 0 Å². The van der Waals surface area contributed by atoms with Crippen LogP contribution in [0, 0.1) is 0 Å². The fourth-order valence-corrected chi connectivity index (χ4v) is 8.00. The average Bonchev–Trinajstić information content (AvgIpc) is 3.51. The van der Waals surface area contributed by atoms with Gasteiger partial charge in [-0.1, -0.05) is 91.0 Å². The highest BCUT2D eigenvalue weighted by Gasteiger charge is 2.44. The molecule has 3 heterocycles. The Morgan fingerprint density at radius 2 is 1.38 bits per heavy atom. The van der Waals surface area contributed by atoms with E-state index in [1.807, 2.05) is 86.9 Å². The number of nitrogens with two attached hydrogens (primary N) is 1. The third-order valence-corrected chi connectivity index (χ3v) is 10.2. The lowest BCUT2D eigenvalue weighted by Gasteiger charge is -2.40. The maximum Gasteiger partial charge on any atom is 0.395 e.